The van der Waals surface area contributed by atoms with Gasteiger partial charge in [0.1, 0.15) is 6.10 Å². The van der Waals surface area contributed by atoms with Gasteiger partial charge >= 0.3 is 6.09 Å². The number of carbonyl (C=O) groups is 2. The Kier molecular flexibility index (Phi) is 8.20. The molecule has 212 valence electrons. The first kappa shape index (κ1) is 27.2. The molecule has 3 aliphatic rings. The van der Waals surface area contributed by atoms with Gasteiger partial charge in [-0.25, -0.2) is 4.79 Å². The number of likely N-dealkylation sites (tertiary alicyclic amines) is 2. The van der Waals surface area contributed by atoms with Crippen LogP contribution in [0.4, 0.5) is 16.7 Å². The number of piperidine rings is 1. The highest BCUT2D eigenvalue weighted by molar-refractivity contribution is 5.87. The van der Waals surface area contributed by atoms with Crippen LogP contribution in [0.5, 0.6) is 0 Å². The minimum atomic E-state index is -0.301. The number of hydrogen-bond acceptors (Lipinski definition) is 9. The van der Waals surface area contributed by atoms with Crippen LogP contribution in [0.15, 0.2) is 18.3 Å². The molecule has 2 aromatic rings. The molecule has 1 aliphatic carbocycles. The second-order valence-corrected chi connectivity index (χ2v) is 11.4. The molecule has 12 nitrogen and oxygen atoms in total. The van der Waals surface area contributed by atoms with Crippen molar-refractivity contribution in [3.8, 4) is 0 Å². The largest absolute Gasteiger partial charge is 0.444 e. The molecule has 12 heteroatoms. The van der Waals surface area contributed by atoms with Crippen molar-refractivity contribution in [1.29, 1.82) is 0 Å². The third-order valence-corrected chi connectivity index (χ3v) is 7.47. The predicted octanol–water partition coefficient (Wildman–Crippen LogP) is 2.55. The quantitative estimate of drug-likeness (QED) is 0.463. The second-order valence-electron chi connectivity index (χ2n) is 11.4. The summed E-state index contributed by atoms with van der Waals surface area (Å²) in [5, 5.41) is 11.5. The summed E-state index contributed by atoms with van der Waals surface area (Å²) in [4.78, 5) is 40.2. The Bertz CT molecular complexity index is 1200. The van der Waals surface area contributed by atoms with E-state index in [0.29, 0.717) is 63.0 Å². The summed E-state index contributed by atoms with van der Waals surface area (Å²) >= 11 is 0. The van der Waals surface area contributed by atoms with Crippen LogP contribution in [0.1, 0.15) is 57.4 Å². The highest BCUT2D eigenvalue weighted by Gasteiger charge is 2.31. The fraction of sp³-hybridized carbons (Fsp3) is 0.667. The third-order valence-electron chi connectivity index (χ3n) is 7.47. The maximum atomic E-state index is 12.9. The molecule has 4 heterocycles. The summed E-state index contributed by atoms with van der Waals surface area (Å²) in [6, 6.07) is 0.603. The smallest absolute Gasteiger partial charge is 0.410 e. The van der Waals surface area contributed by atoms with E-state index in [4.69, 9.17) is 14.7 Å². The molecule has 2 saturated heterocycles. The number of aromatic nitrogens is 4. The van der Waals surface area contributed by atoms with Gasteiger partial charge in [-0.15, -0.1) is 0 Å². The zero-order valence-corrected chi connectivity index (χ0v) is 23.5. The highest BCUT2D eigenvalue weighted by atomic mass is 16.6. The number of rotatable bonds is 9. The SMILES string of the molecule is CC(C)c1cnn2c(NC3CCN(C(=O)OC4CCN(C(=O)/C=C/CN(C)C)C4)CC3)nc(NC3CC3)nc12. The molecule has 2 aromatic heterocycles. The zero-order chi connectivity index (χ0) is 27.5. The van der Waals surface area contributed by atoms with E-state index in [9.17, 15) is 9.59 Å². The van der Waals surface area contributed by atoms with Gasteiger partial charge < -0.3 is 30.1 Å². The Morgan fingerprint density at radius 3 is 2.46 bits per heavy atom. The van der Waals surface area contributed by atoms with Crippen molar-refractivity contribution in [3.63, 3.8) is 0 Å². The van der Waals surface area contributed by atoms with Crippen LogP contribution < -0.4 is 10.6 Å². The summed E-state index contributed by atoms with van der Waals surface area (Å²) < 4.78 is 7.55. The fourth-order valence-corrected chi connectivity index (χ4v) is 4.97. The van der Waals surface area contributed by atoms with Crippen molar-refractivity contribution < 1.29 is 14.3 Å². The van der Waals surface area contributed by atoms with Crippen LogP contribution >= 0.6 is 0 Å². The minimum absolute atomic E-state index is 0.0331. The van der Waals surface area contributed by atoms with E-state index < -0.39 is 0 Å². The van der Waals surface area contributed by atoms with Gasteiger partial charge in [-0.3, -0.25) is 4.79 Å². The maximum absolute atomic E-state index is 12.9. The second kappa shape index (κ2) is 11.8. The molecule has 0 radical (unpaired) electrons. The number of likely N-dealkylation sites (N-methyl/N-ethyl adjacent to an activating group) is 1. The zero-order valence-electron chi connectivity index (χ0n) is 23.5. The van der Waals surface area contributed by atoms with E-state index in [0.717, 1.165) is 36.9 Å². The van der Waals surface area contributed by atoms with Crippen LogP contribution in [0.2, 0.25) is 0 Å². The molecular formula is C27H41N9O3. The first-order valence-corrected chi connectivity index (χ1v) is 14.1. The van der Waals surface area contributed by atoms with E-state index in [-0.39, 0.29) is 24.1 Å². The van der Waals surface area contributed by atoms with Gasteiger partial charge in [0.15, 0.2) is 5.65 Å². The van der Waals surface area contributed by atoms with Crippen molar-refractivity contribution in [1.82, 2.24) is 34.3 Å². The first-order valence-electron chi connectivity index (χ1n) is 14.1. The molecule has 1 saturated carbocycles. The fourth-order valence-electron chi connectivity index (χ4n) is 4.97. The van der Waals surface area contributed by atoms with Gasteiger partial charge in [-0.1, -0.05) is 19.9 Å². The van der Waals surface area contributed by atoms with Crippen molar-refractivity contribution in [2.24, 2.45) is 0 Å². The number of carbonyl (C=O) groups excluding carboxylic acids is 2. The molecule has 2 amide bonds. The van der Waals surface area contributed by atoms with Gasteiger partial charge in [0.05, 0.1) is 12.7 Å². The van der Waals surface area contributed by atoms with Gasteiger partial charge in [-0.2, -0.15) is 19.6 Å². The number of hydrogen-bond donors (Lipinski definition) is 2. The Hall–Kier alpha value is -3.41. The average Bonchev–Trinajstić information content (AvgIpc) is 3.40. The predicted molar refractivity (Wildman–Crippen MR) is 149 cm³/mol. The monoisotopic (exact) mass is 539 g/mol. The number of ether oxygens (including phenoxy) is 1. The van der Waals surface area contributed by atoms with Crippen molar-refractivity contribution in [2.45, 2.75) is 70.1 Å². The first-order chi connectivity index (χ1) is 18.8. The van der Waals surface area contributed by atoms with Crippen molar-refractivity contribution in [2.75, 3.05) is 57.5 Å². The van der Waals surface area contributed by atoms with E-state index in [1.165, 1.54) is 0 Å². The van der Waals surface area contributed by atoms with E-state index in [1.807, 2.05) is 31.3 Å². The standard InChI is InChI=1S/C27H41N9O3/c1-18(2)22-16-28-36-24(22)31-25(29-19-7-8-19)32-26(36)30-20-9-13-34(14-10-20)27(38)39-21-11-15-35(17-21)23(37)6-5-12-33(3)4/h5-6,16,18-21H,7-15,17H2,1-4H3,(H2,29,30,31,32)/b6-5+. The molecule has 0 bridgehead atoms. The van der Waals surface area contributed by atoms with Crippen molar-refractivity contribution in [3.05, 3.63) is 23.9 Å². The molecule has 2 aliphatic heterocycles. The van der Waals surface area contributed by atoms with Crippen LogP contribution in [0.3, 0.4) is 0 Å². The lowest BCUT2D eigenvalue weighted by atomic mass is 10.1. The average molecular weight is 540 g/mol. The van der Waals surface area contributed by atoms with Crippen molar-refractivity contribution >= 4 is 29.5 Å². The lowest BCUT2D eigenvalue weighted by Crippen LogP contribution is -2.44. The van der Waals surface area contributed by atoms with Crippen LogP contribution in [-0.2, 0) is 9.53 Å². The highest BCUT2D eigenvalue weighted by Crippen LogP contribution is 2.27. The van der Waals surface area contributed by atoms with E-state index in [2.05, 4.69) is 29.6 Å². The molecule has 5 rings (SSSR count). The molecule has 1 unspecified atom stereocenters. The molecule has 3 fully saturated rings. The molecule has 2 N–H and O–H groups in total. The van der Waals surface area contributed by atoms with E-state index in [1.54, 1.807) is 20.4 Å². The number of nitrogens with zero attached hydrogens (tertiary/aromatic N) is 7. The summed E-state index contributed by atoms with van der Waals surface area (Å²) in [5.74, 6) is 1.58. The van der Waals surface area contributed by atoms with Crippen LogP contribution in [0.25, 0.3) is 5.65 Å². The Morgan fingerprint density at radius 1 is 1.05 bits per heavy atom. The third kappa shape index (κ3) is 6.78. The number of nitrogens with one attached hydrogen (secondary N) is 2. The van der Waals surface area contributed by atoms with Crippen LogP contribution in [-0.4, -0.2) is 111 Å². The molecule has 1 atom stereocenters. The van der Waals surface area contributed by atoms with Gasteiger partial charge in [0, 0.05) is 56.3 Å². The maximum Gasteiger partial charge on any atom is 0.410 e. The van der Waals surface area contributed by atoms with Gasteiger partial charge in [0.2, 0.25) is 17.8 Å². The Balaban J connectivity index is 1.13. The van der Waals surface area contributed by atoms with Gasteiger partial charge in [0.25, 0.3) is 0 Å². The Morgan fingerprint density at radius 2 is 1.77 bits per heavy atom. The van der Waals surface area contributed by atoms with E-state index >= 15 is 0 Å². The Labute approximate surface area is 229 Å². The topological polar surface area (TPSA) is 120 Å². The lowest BCUT2D eigenvalue weighted by Gasteiger charge is -2.32. The van der Waals surface area contributed by atoms with Crippen LogP contribution in [0, 0.1) is 0 Å². The molecule has 0 aromatic carbocycles. The number of amides is 2. The minimum Gasteiger partial charge on any atom is -0.444 e. The molecule has 39 heavy (non-hydrogen) atoms. The lowest BCUT2D eigenvalue weighted by molar-refractivity contribution is -0.125. The normalized spacial score (nSPS) is 20.5. The number of anilines is 2. The summed E-state index contributed by atoms with van der Waals surface area (Å²) in [7, 11) is 3.91. The molecule has 0 spiro atoms. The summed E-state index contributed by atoms with van der Waals surface area (Å²) in [6.07, 6.45) is 9.27. The summed E-state index contributed by atoms with van der Waals surface area (Å²) in [6.45, 7) is 7.22. The summed E-state index contributed by atoms with van der Waals surface area (Å²) in [5.41, 5.74) is 1.91. The number of fused-ring (bicyclic) bond motifs is 1. The van der Waals surface area contributed by atoms with Gasteiger partial charge in [-0.05, 0) is 45.7 Å². The molecular weight excluding hydrogens is 498 g/mol.